The van der Waals surface area contributed by atoms with Gasteiger partial charge in [-0.3, -0.25) is 4.90 Å². The number of pyridine rings is 1. The number of rotatable bonds is 3. The molecule has 0 amide bonds. The predicted octanol–water partition coefficient (Wildman–Crippen LogP) is 1.55. The maximum absolute atomic E-state index is 4.33. The first-order valence-electron chi connectivity index (χ1n) is 6.61. The smallest absolute Gasteiger partial charge is 0.157 e. The van der Waals surface area contributed by atoms with Crippen LogP contribution in [0.5, 0.6) is 0 Å². The van der Waals surface area contributed by atoms with Crippen molar-refractivity contribution in [2.24, 2.45) is 0 Å². The van der Waals surface area contributed by atoms with Crippen LogP contribution in [0.4, 0.5) is 5.82 Å². The third kappa shape index (κ3) is 2.60. The monoisotopic (exact) mass is 323 g/mol. The fraction of sp³-hybridized carbons (Fsp3) is 0.538. The van der Waals surface area contributed by atoms with E-state index in [0.29, 0.717) is 0 Å². The van der Waals surface area contributed by atoms with Gasteiger partial charge >= 0.3 is 0 Å². The molecule has 2 aromatic rings. The molecule has 1 aliphatic heterocycles. The number of aromatic nitrogens is 3. The van der Waals surface area contributed by atoms with E-state index in [1.807, 2.05) is 4.52 Å². The van der Waals surface area contributed by atoms with Crippen LogP contribution in [-0.2, 0) is 0 Å². The Morgan fingerprint density at radius 2 is 2.00 bits per heavy atom. The minimum atomic E-state index is 0.929. The fourth-order valence-electron chi connectivity index (χ4n) is 2.58. The summed E-state index contributed by atoms with van der Waals surface area (Å²) in [5.41, 5.74) is 2.16. The van der Waals surface area contributed by atoms with Crippen LogP contribution in [0.2, 0.25) is 0 Å². The van der Waals surface area contributed by atoms with Gasteiger partial charge in [0.15, 0.2) is 5.65 Å². The molecule has 0 atom stereocenters. The lowest BCUT2D eigenvalue weighted by molar-refractivity contribution is 0.273. The van der Waals surface area contributed by atoms with Crippen molar-refractivity contribution in [3.63, 3.8) is 0 Å². The van der Waals surface area contributed by atoms with Gasteiger partial charge in [0, 0.05) is 38.1 Å². The summed E-state index contributed by atoms with van der Waals surface area (Å²) in [6, 6.07) is 4.26. The van der Waals surface area contributed by atoms with Gasteiger partial charge in [-0.25, -0.2) is 4.98 Å². The Balaban J connectivity index is 1.83. The van der Waals surface area contributed by atoms with Crippen LogP contribution >= 0.6 is 15.9 Å². The summed E-state index contributed by atoms with van der Waals surface area (Å²) in [6.45, 7) is 7.54. The van der Waals surface area contributed by atoms with Gasteiger partial charge in [-0.05, 0) is 24.6 Å². The lowest BCUT2D eigenvalue weighted by Gasteiger charge is -2.35. The van der Waals surface area contributed by atoms with Crippen molar-refractivity contribution in [1.82, 2.24) is 19.5 Å². The predicted molar refractivity (Wildman–Crippen MR) is 80.2 cm³/mol. The SMILES string of the molecule is Cc1cc(N2CCN(CCBr)CC2)n2ncnc2c1. The molecule has 1 aliphatic rings. The Hall–Kier alpha value is -1.14. The molecule has 0 unspecified atom stereocenters. The van der Waals surface area contributed by atoms with Crippen LogP contribution in [-0.4, -0.2) is 57.6 Å². The standard InChI is InChI=1S/C13H18BrN5/c1-11-8-12-15-10-16-19(12)13(9-11)18-6-4-17(3-2-14)5-7-18/h8-10H,2-7H2,1H3. The number of anilines is 1. The van der Waals surface area contributed by atoms with Gasteiger partial charge in [0.2, 0.25) is 0 Å². The van der Waals surface area contributed by atoms with E-state index in [0.717, 1.165) is 49.5 Å². The van der Waals surface area contributed by atoms with Crippen molar-refractivity contribution in [1.29, 1.82) is 0 Å². The number of hydrogen-bond donors (Lipinski definition) is 0. The van der Waals surface area contributed by atoms with Crippen LogP contribution in [0.25, 0.3) is 5.65 Å². The number of aryl methyl sites for hydroxylation is 1. The number of nitrogens with zero attached hydrogens (tertiary/aromatic N) is 5. The van der Waals surface area contributed by atoms with E-state index < -0.39 is 0 Å². The Morgan fingerprint density at radius 3 is 2.74 bits per heavy atom. The van der Waals surface area contributed by atoms with Crippen LogP contribution in [0.15, 0.2) is 18.5 Å². The average molecular weight is 324 g/mol. The highest BCUT2D eigenvalue weighted by Gasteiger charge is 2.19. The molecule has 3 heterocycles. The van der Waals surface area contributed by atoms with E-state index in [4.69, 9.17) is 0 Å². The Labute approximate surface area is 121 Å². The largest absolute Gasteiger partial charge is 0.354 e. The number of hydrogen-bond acceptors (Lipinski definition) is 4. The Morgan fingerprint density at radius 1 is 1.21 bits per heavy atom. The second-order valence-electron chi connectivity index (χ2n) is 4.94. The summed E-state index contributed by atoms with van der Waals surface area (Å²) in [5.74, 6) is 1.16. The van der Waals surface area contributed by atoms with Crippen LogP contribution < -0.4 is 4.90 Å². The number of alkyl halides is 1. The maximum Gasteiger partial charge on any atom is 0.157 e. The van der Waals surface area contributed by atoms with E-state index >= 15 is 0 Å². The summed E-state index contributed by atoms with van der Waals surface area (Å²) < 4.78 is 1.94. The average Bonchev–Trinajstić information content (AvgIpc) is 2.87. The first kappa shape index (κ1) is 12.9. The quantitative estimate of drug-likeness (QED) is 0.803. The van der Waals surface area contributed by atoms with Gasteiger partial charge in [0.1, 0.15) is 12.1 Å². The zero-order chi connectivity index (χ0) is 13.2. The van der Waals surface area contributed by atoms with Gasteiger partial charge in [-0.1, -0.05) is 15.9 Å². The third-order valence-electron chi connectivity index (χ3n) is 3.60. The second kappa shape index (κ2) is 5.46. The first-order valence-corrected chi connectivity index (χ1v) is 7.74. The van der Waals surface area contributed by atoms with E-state index in [-0.39, 0.29) is 0 Å². The Bertz CT molecular complexity index is 559. The van der Waals surface area contributed by atoms with Crippen molar-refractivity contribution in [3.8, 4) is 0 Å². The van der Waals surface area contributed by atoms with Gasteiger partial charge in [0.05, 0.1) is 0 Å². The highest BCUT2D eigenvalue weighted by atomic mass is 79.9. The second-order valence-corrected chi connectivity index (χ2v) is 5.73. The molecule has 2 aromatic heterocycles. The van der Waals surface area contributed by atoms with Gasteiger partial charge in [-0.15, -0.1) is 0 Å². The fourth-order valence-corrected chi connectivity index (χ4v) is 3.08. The molecule has 5 nitrogen and oxygen atoms in total. The molecular formula is C13H18BrN5. The summed E-state index contributed by atoms with van der Waals surface area (Å²) in [6.07, 6.45) is 1.62. The highest BCUT2D eigenvalue weighted by Crippen LogP contribution is 2.19. The zero-order valence-corrected chi connectivity index (χ0v) is 12.7. The summed E-state index contributed by atoms with van der Waals surface area (Å²) in [7, 11) is 0. The van der Waals surface area contributed by atoms with E-state index in [1.165, 1.54) is 5.56 Å². The summed E-state index contributed by atoms with van der Waals surface area (Å²) >= 11 is 3.50. The molecule has 0 N–H and O–H groups in total. The molecule has 19 heavy (non-hydrogen) atoms. The van der Waals surface area contributed by atoms with Crippen molar-refractivity contribution in [2.75, 3.05) is 43.0 Å². The lowest BCUT2D eigenvalue weighted by Crippen LogP contribution is -2.47. The first-order chi connectivity index (χ1) is 9.28. The summed E-state index contributed by atoms with van der Waals surface area (Å²) in [5, 5.41) is 5.38. The zero-order valence-electron chi connectivity index (χ0n) is 11.1. The van der Waals surface area contributed by atoms with E-state index in [2.05, 4.69) is 54.9 Å². The molecule has 0 aliphatic carbocycles. The molecule has 0 saturated carbocycles. The molecular weight excluding hydrogens is 306 g/mol. The summed E-state index contributed by atoms with van der Waals surface area (Å²) in [4.78, 5) is 9.18. The normalized spacial score (nSPS) is 17.3. The minimum Gasteiger partial charge on any atom is -0.354 e. The number of fused-ring (bicyclic) bond motifs is 1. The topological polar surface area (TPSA) is 36.7 Å². The molecule has 3 rings (SSSR count). The third-order valence-corrected chi connectivity index (χ3v) is 3.96. The minimum absolute atomic E-state index is 0.929. The molecule has 1 fully saturated rings. The molecule has 0 spiro atoms. The van der Waals surface area contributed by atoms with Crippen molar-refractivity contribution in [3.05, 3.63) is 24.0 Å². The van der Waals surface area contributed by atoms with Crippen LogP contribution in [0.1, 0.15) is 5.56 Å². The van der Waals surface area contributed by atoms with Crippen LogP contribution in [0.3, 0.4) is 0 Å². The highest BCUT2D eigenvalue weighted by molar-refractivity contribution is 9.09. The van der Waals surface area contributed by atoms with Gasteiger partial charge < -0.3 is 4.90 Å². The van der Waals surface area contributed by atoms with Gasteiger partial charge in [0.25, 0.3) is 0 Å². The van der Waals surface area contributed by atoms with E-state index in [9.17, 15) is 0 Å². The van der Waals surface area contributed by atoms with E-state index in [1.54, 1.807) is 6.33 Å². The molecule has 0 bridgehead atoms. The molecule has 0 aromatic carbocycles. The Kier molecular flexibility index (Phi) is 3.70. The van der Waals surface area contributed by atoms with Gasteiger partial charge in [-0.2, -0.15) is 9.61 Å². The number of halogens is 1. The van der Waals surface area contributed by atoms with Crippen molar-refractivity contribution in [2.45, 2.75) is 6.92 Å². The maximum atomic E-state index is 4.33. The molecule has 102 valence electrons. The molecule has 6 heteroatoms. The number of piperazine rings is 1. The van der Waals surface area contributed by atoms with Crippen molar-refractivity contribution < 1.29 is 0 Å². The lowest BCUT2D eigenvalue weighted by atomic mass is 10.2. The molecule has 0 radical (unpaired) electrons. The van der Waals surface area contributed by atoms with Crippen molar-refractivity contribution >= 4 is 27.4 Å². The van der Waals surface area contributed by atoms with Crippen LogP contribution in [0, 0.1) is 6.92 Å². The molecule has 1 saturated heterocycles.